The van der Waals surface area contributed by atoms with E-state index in [1.807, 2.05) is 19.3 Å². The van der Waals surface area contributed by atoms with Gasteiger partial charge in [-0.3, -0.25) is 4.79 Å². The van der Waals surface area contributed by atoms with Crippen LogP contribution in [0.5, 0.6) is 0 Å². The van der Waals surface area contributed by atoms with Gasteiger partial charge < -0.3 is 20.5 Å². The number of amides is 1. The molecule has 2 aromatic rings. The van der Waals surface area contributed by atoms with Crippen molar-refractivity contribution in [3.05, 3.63) is 29.2 Å². The molecule has 1 saturated heterocycles. The van der Waals surface area contributed by atoms with E-state index in [2.05, 4.69) is 30.5 Å². The van der Waals surface area contributed by atoms with Gasteiger partial charge in [0.25, 0.3) is 5.91 Å². The minimum atomic E-state index is -0.000472. The van der Waals surface area contributed by atoms with Crippen LogP contribution in [0.2, 0.25) is 0 Å². The average Bonchev–Trinajstić information content (AvgIpc) is 3.30. The summed E-state index contributed by atoms with van der Waals surface area (Å²) in [5.74, 6) is 1.71. The van der Waals surface area contributed by atoms with Gasteiger partial charge in [-0.15, -0.1) is 11.8 Å². The predicted molar refractivity (Wildman–Crippen MR) is 101 cm³/mol. The number of nitrogens with zero attached hydrogens (tertiary/aromatic N) is 3. The average molecular weight is 358 g/mol. The molecule has 25 heavy (non-hydrogen) atoms. The Morgan fingerprint density at radius 1 is 1.48 bits per heavy atom. The smallest absolute Gasteiger partial charge is 0.259 e. The topological polar surface area (TPSA) is 85.9 Å². The zero-order valence-corrected chi connectivity index (χ0v) is 15.0. The molecular formula is C17H22N6OS. The minimum Gasteiger partial charge on any atom is -0.350 e. The van der Waals surface area contributed by atoms with E-state index in [9.17, 15) is 4.79 Å². The fourth-order valence-electron chi connectivity index (χ4n) is 3.34. The highest BCUT2D eigenvalue weighted by Gasteiger charge is 2.22. The summed E-state index contributed by atoms with van der Waals surface area (Å²) in [5, 5.41) is 7.47. The number of aromatic nitrogens is 3. The summed E-state index contributed by atoms with van der Waals surface area (Å²) in [6.45, 7) is 4.59. The van der Waals surface area contributed by atoms with Crippen molar-refractivity contribution in [3.63, 3.8) is 0 Å². The Kier molecular flexibility index (Phi) is 4.63. The Morgan fingerprint density at radius 2 is 2.40 bits per heavy atom. The summed E-state index contributed by atoms with van der Waals surface area (Å²) >= 11 is 1.60. The highest BCUT2D eigenvalue weighted by atomic mass is 32.2. The Labute approximate surface area is 150 Å². The fraction of sp³-hybridized carbons (Fsp3) is 0.471. The second-order valence-electron chi connectivity index (χ2n) is 6.43. The van der Waals surface area contributed by atoms with Crippen molar-refractivity contribution in [1.29, 1.82) is 0 Å². The molecule has 7 nitrogen and oxygen atoms in total. The van der Waals surface area contributed by atoms with Crippen LogP contribution in [0.15, 0.2) is 23.6 Å². The SMILES string of the molecule is Cc1c[nH]c2ncnc(N3C=C(C(=O)NC[C@@H]4CCCN4)SCC3)c12. The Bertz CT molecular complexity index is 811. The van der Waals surface area contributed by atoms with Gasteiger partial charge >= 0.3 is 0 Å². The van der Waals surface area contributed by atoms with Crippen molar-refractivity contribution in [2.45, 2.75) is 25.8 Å². The number of nitrogens with one attached hydrogen (secondary N) is 3. The standard InChI is InChI=1S/C17H22N6OS/c1-11-7-19-15-14(11)16(22-10-21-15)23-5-6-25-13(9-23)17(24)20-8-12-3-2-4-18-12/h7,9-10,12,18H,2-6,8H2,1H3,(H,20,24)(H,19,21,22)/t12-/m0/s1. The van der Waals surface area contributed by atoms with Crippen LogP contribution in [0.25, 0.3) is 11.0 Å². The number of fused-ring (bicyclic) bond motifs is 1. The van der Waals surface area contributed by atoms with Crippen LogP contribution in [-0.2, 0) is 4.79 Å². The zero-order valence-electron chi connectivity index (χ0n) is 14.2. The second-order valence-corrected chi connectivity index (χ2v) is 7.57. The Hall–Kier alpha value is -2.06. The van der Waals surface area contributed by atoms with Crippen molar-refractivity contribution in [3.8, 4) is 0 Å². The van der Waals surface area contributed by atoms with Gasteiger partial charge in [-0.1, -0.05) is 0 Å². The van der Waals surface area contributed by atoms with Gasteiger partial charge in [-0.2, -0.15) is 0 Å². The van der Waals surface area contributed by atoms with Gasteiger partial charge in [0.1, 0.15) is 17.8 Å². The number of thioether (sulfide) groups is 1. The molecule has 2 aliphatic rings. The summed E-state index contributed by atoms with van der Waals surface area (Å²) in [5.41, 5.74) is 1.93. The van der Waals surface area contributed by atoms with Gasteiger partial charge in [0.15, 0.2) is 0 Å². The summed E-state index contributed by atoms with van der Waals surface area (Å²) < 4.78 is 0. The lowest BCUT2D eigenvalue weighted by molar-refractivity contribution is -0.116. The largest absolute Gasteiger partial charge is 0.350 e. The molecule has 0 aromatic carbocycles. The molecule has 4 heterocycles. The lowest BCUT2D eigenvalue weighted by Crippen LogP contribution is -2.38. The molecule has 1 atom stereocenters. The number of hydrogen-bond donors (Lipinski definition) is 3. The maximum absolute atomic E-state index is 12.5. The van der Waals surface area contributed by atoms with E-state index in [4.69, 9.17) is 0 Å². The molecule has 3 N–H and O–H groups in total. The molecule has 0 saturated carbocycles. The monoisotopic (exact) mass is 358 g/mol. The van der Waals surface area contributed by atoms with Gasteiger partial charge in [-0.05, 0) is 31.9 Å². The van der Waals surface area contributed by atoms with Crippen LogP contribution in [0.3, 0.4) is 0 Å². The van der Waals surface area contributed by atoms with E-state index in [0.717, 1.165) is 52.6 Å². The molecule has 8 heteroatoms. The normalized spacial score (nSPS) is 20.8. The summed E-state index contributed by atoms with van der Waals surface area (Å²) in [6.07, 6.45) is 7.73. The molecule has 4 rings (SSSR count). The molecule has 0 bridgehead atoms. The van der Waals surface area contributed by atoms with Crippen LogP contribution < -0.4 is 15.5 Å². The maximum atomic E-state index is 12.5. The predicted octanol–water partition coefficient (Wildman–Crippen LogP) is 1.53. The van der Waals surface area contributed by atoms with Crippen LogP contribution >= 0.6 is 11.8 Å². The number of carbonyl (C=O) groups excluding carboxylic acids is 1. The number of H-pyrrole nitrogens is 1. The first-order valence-electron chi connectivity index (χ1n) is 8.64. The van der Waals surface area contributed by atoms with E-state index < -0.39 is 0 Å². The lowest BCUT2D eigenvalue weighted by atomic mass is 10.2. The number of rotatable bonds is 4. The van der Waals surface area contributed by atoms with Crippen molar-refractivity contribution in [2.75, 3.05) is 30.3 Å². The zero-order chi connectivity index (χ0) is 17.2. The summed E-state index contributed by atoms with van der Waals surface area (Å²) in [7, 11) is 0. The molecule has 0 unspecified atom stereocenters. The van der Waals surface area contributed by atoms with Crippen molar-refractivity contribution < 1.29 is 4.79 Å². The molecule has 0 radical (unpaired) electrons. The van der Waals surface area contributed by atoms with Gasteiger partial charge in [-0.25, -0.2) is 9.97 Å². The van der Waals surface area contributed by atoms with E-state index in [0.29, 0.717) is 12.6 Å². The molecule has 132 valence electrons. The highest BCUT2D eigenvalue weighted by molar-refractivity contribution is 8.04. The summed E-state index contributed by atoms with van der Waals surface area (Å²) in [6, 6.07) is 0.401. The molecule has 2 aliphatic heterocycles. The Balaban J connectivity index is 1.53. The number of aromatic amines is 1. The molecule has 1 fully saturated rings. The summed E-state index contributed by atoms with van der Waals surface area (Å²) in [4.78, 5) is 27.2. The molecule has 0 aliphatic carbocycles. The third kappa shape index (κ3) is 3.36. The fourth-order valence-corrected chi connectivity index (χ4v) is 4.25. The van der Waals surface area contributed by atoms with Gasteiger partial charge in [0.2, 0.25) is 0 Å². The van der Waals surface area contributed by atoms with E-state index in [-0.39, 0.29) is 5.91 Å². The van der Waals surface area contributed by atoms with E-state index in [1.54, 1.807) is 18.1 Å². The molecule has 1 amide bonds. The van der Waals surface area contributed by atoms with Gasteiger partial charge in [0, 0.05) is 37.3 Å². The quantitative estimate of drug-likeness (QED) is 0.768. The van der Waals surface area contributed by atoms with Crippen molar-refractivity contribution in [2.24, 2.45) is 0 Å². The first-order chi connectivity index (χ1) is 12.2. The van der Waals surface area contributed by atoms with Crippen LogP contribution in [0.1, 0.15) is 18.4 Å². The van der Waals surface area contributed by atoms with Crippen molar-refractivity contribution >= 4 is 34.5 Å². The minimum absolute atomic E-state index is 0.000472. The van der Waals surface area contributed by atoms with E-state index in [1.165, 1.54) is 6.42 Å². The Morgan fingerprint density at radius 3 is 3.24 bits per heavy atom. The number of anilines is 1. The number of hydrogen-bond acceptors (Lipinski definition) is 6. The van der Waals surface area contributed by atoms with Gasteiger partial charge in [0.05, 0.1) is 10.3 Å². The second kappa shape index (κ2) is 7.05. The van der Waals surface area contributed by atoms with Crippen LogP contribution in [-0.4, -0.2) is 52.3 Å². The molecule has 0 spiro atoms. The maximum Gasteiger partial charge on any atom is 0.259 e. The lowest BCUT2D eigenvalue weighted by Gasteiger charge is -2.26. The third-order valence-corrected chi connectivity index (χ3v) is 5.67. The third-order valence-electron chi connectivity index (χ3n) is 4.68. The number of carbonyl (C=O) groups is 1. The number of aryl methyl sites for hydroxylation is 1. The first-order valence-corrected chi connectivity index (χ1v) is 9.62. The molecule has 2 aromatic heterocycles. The van der Waals surface area contributed by atoms with E-state index >= 15 is 0 Å². The molecular weight excluding hydrogens is 336 g/mol. The van der Waals surface area contributed by atoms with Crippen LogP contribution in [0.4, 0.5) is 5.82 Å². The highest BCUT2D eigenvalue weighted by Crippen LogP contribution is 2.30. The first kappa shape index (κ1) is 16.4. The van der Waals surface area contributed by atoms with Crippen molar-refractivity contribution in [1.82, 2.24) is 25.6 Å². The van der Waals surface area contributed by atoms with Crippen LogP contribution in [0, 0.1) is 6.92 Å².